The Bertz CT molecular complexity index is 908. The van der Waals surface area contributed by atoms with E-state index >= 15 is 0 Å². The van der Waals surface area contributed by atoms with Gasteiger partial charge >= 0.3 is 5.97 Å². The number of carbonyl (C=O) groups is 3. The highest BCUT2D eigenvalue weighted by molar-refractivity contribution is 6.34. The molecule has 0 unspecified atom stereocenters. The van der Waals surface area contributed by atoms with Crippen LogP contribution in [0.2, 0.25) is 5.02 Å². The van der Waals surface area contributed by atoms with Gasteiger partial charge in [-0.2, -0.15) is 0 Å². The Kier molecular flexibility index (Phi) is 7.99. The summed E-state index contributed by atoms with van der Waals surface area (Å²) in [5, 5.41) is 13.9. The maximum absolute atomic E-state index is 12.5. The van der Waals surface area contributed by atoms with Crippen LogP contribution in [0.3, 0.4) is 0 Å². The van der Waals surface area contributed by atoms with Crippen molar-refractivity contribution in [3.8, 4) is 0 Å². The van der Waals surface area contributed by atoms with E-state index in [2.05, 4.69) is 10.6 Å². The minimum absolute atomic E-state index is 0.0255. The van der Waals surface area contributed by atoms with Crippen LogP contribution in [-0.4, -0.2) is 29.4 Å². The summed E-state index contributed by atoms with van der Waals surface area (Å²) in [5.74, 6) is -2.17. The quantitative estimate of drug-likeness (QED) is 0.469. The van der Waals surface area contributed by atoms with E-state index in [0.29, 0.717) is 0 Å². The molecule has 2 aromatic rings. The molecule has 0 atom stereocenters. The van der Waals surface area contributed by atoms with E-state index in [-0.39, 0.29) is 29.2 Å². The maximum Gasteiger partial charge on any atom is 0.305 e. The van der Waals surface area contributed by atoms with Crippen molar-refractivity contribution in [1.29, 1.82) is 0 Å². The summed E-state index contributed by atoms with van der Waals surface area (Å²) in [5.41, 5.74) is 1.12. The normalized spacial score (nSPS) is 11.2. The van der Waals surface area contributed by atoms with Gasteiger partial charge < -0.3 is 15.7 Å². The number of amides is 2. The first-order valence-corrected chi connectivity index (χ1v) is 8.84. The lowest BCUT2D eigenvalue weighted by molar-refractivity contribution is -0.136. The van der Waals surface area contributed by atoms with Crippen molar-refractivity contribution >= 4 is 35.5 Å². The summed E-state index contributed by atoms with van der Waals surface area (Å²) in [6.07, 6.45) is 4.61. The summed E-state index contributed by atoms with van der Waals surface area (Å²) in [6.45, 7) is -0.0597. The molecule has 0 aromatic heterocycles. The van der Waals surface area contributed by atoms with Gasteiger partial charge in [-0.05, 0) is 23.8 Å². The van der Waals surface area contributed by atoms with Crippen LogP contribution < -0.4 is 10.6 Å². The highest BCUT2D eigenvalue weighted by atomic mass is 35.5. The molecule has 0 saturated carbocycles. The molecule has 0 aliphatic rings. The number of carboxylic acid groups (broad SMARTS) is 1. The predicted molar refractivity (Wildman–Crippen MR) is 108 cm³/mol. The molecule has 3 N–H and O–H groups in total. The van der Waals surface area contributed by atoms with Gasteiger partial charge in [0.1, 0.15) is 5.70 Å². The average Bonchev–Trinajstić information content (AvgIpc) is 2.68. The molecular formula is C21H19ClN2O4. The molecule has 2 aromatic carbocycles. The summed E-state index contributed by atoms with van der Waals surface area (Å²) in [7, 11) is 0. The average molecular weight is 399 g/mol. The Labute approximate surface area is 167 Å². The summed E-state index contributed by atoms with van der Waals surface area (Å²) < 4.78 is 0. The minimum atomic E-state index is -1.03. The lowest BCUT2D eigenvalue weighted by atomic mass is 10.2. The largest absolute Gasteiger partial charge is 0.481 e. The van der Waals surface area contributed by atoms with Crippen molar-refractivity contribution in [2.75, 3.05) is 6.54 Å². The van der Waals surface area contributed by atoms with Crippen LogP contribution in [-0.2, 0) is 9.59 Å². The van der Waals surface area contributed by atoms with Crippen LogP contribution in [0.4, 0.5) is 0 Å². The third-order valence-electron chi connectivity index (χ3n) is 3.59. The van der Waals surface area contributed by atoms with E-state index in [1.807, 2.05) is 30.3 Å². The zero-order valence-corrected chi connectivity index (χ0v) is 15.6. The first-order valence-electron chi connectivity index (χ1n) is 8.46. The highest BCUT2D eigenvalue weighted by Crippen LogP contribution is 2.15. The second-order valence-electron chi connectivity index (χ2n) is 5.68. The number of nitrogens with one attached hydrogen (secondary N) is 2. The Balaban J connectivity index is 2.17. The van der Waals surface area contributed by atoms with Gasteiger partial charge in [-0.1, -0.05) is 66.2 Å². The third kappa shape index (κ3) is 6.74. The van der Waals surface area contributed by atoms with Gasteiger partial charge in [0.15, 0.2) is 0 Å². The van der Waals surface area contributed by atoms with Gasteiger partial charge in [0.25, 0.3) is 11.8 Å². The van der Waals surface area contributed by atoms with Crippen LogP contribution >= 0.6 is 11.6 Å². The Morgan fingerprint density at radius 1 is 1.00 bits per heavy atom. The van der Waals surface area contributed by atoms with E-state index in [1.54, 1.807) is 30.4 Å². The van der Waals surface area contributed by atoms with Crippen molar-refractivity contribution in [1.82, 2.24) is 10.6 Å². The molecule has 0 aliphatic carbocycles. The molecule has 0 bridgehead atoms. The molecule has 0 heterocycles. The maximum atomic E-state index is 12.5. The van der Waals surface area contributed by atoms with Crippen molar-refractivity contribution in [2.45, 2.75) is 6.42 Å². The number of carboxylic acids is 1. The van der Waals surface area contributed by atoms with E-state index in [1.165, 1.54) is 12.1 Å². The molecule has 2 rings (SSSR count). The highest BCUT2D eigenvalue weighted by Gasteiger charge is 2.15. The molecular weight excluding hydrogens is 380 g/mol. The number of rotatable bonds is 8. The summed E-state index contributed by atoms with van der Waals surface area (Å²) in [4.78, 5) is 35.4. The number of benzene rings is 2. The number of allylic oxidation sites excluding steroid dienone is 2. The fraction of sp³-hybridized carbons (Fsp3) is 0.0952. The lowest BCUT2D eigenvalue weighted by Gasteiger charge is -2.10. The van der Waals surface area contributed by atoms with E-state index in [4.69, 9.17) is 16.7 Å². The molecule has 7 heteroatoms. The van der Waals surface area contributed by atoms with Crippen molar-refractivity contribution in [3.63, 3.8) is 0 Å². The monoisotopic (exact) mass is 398 g/mol. The number of hydrogen-bond acceptors (Lipinski definition) is 3. The van der Waals surface area contributed by atoms with Crippen molar-refractivity contribution in [3.05, 3.63) is 88.6 Å². The van der Waals surface area contributed by atoms with Crippen molar-refractivity contribution in [2.24, 2.45) is 0 Å². The number of aliphatic carboxylic acids is 1. The molecule has 0 radical (unpaired) electrons. The van der Waals surface area contributed by atoms with Gasteiger partial charge in [0.2, 0.25) is 0 Å². The van der Waals surface area contributed by atoms with Gasteiger partial charge in [-0.15, -0.1) is 0 Å². The summed E-state index contributed by atoms with van der Waals surface area (Å²) in [6, 6.07) is 15.9. The number of hydrogen-bond donors (Lipinski definition) is 3. The minimum Gasteiger partial charge on any atom is -0.481 e. The molecule has 6 nitrogen and oxygen atoms in total. The van der Waals surface area contributed by atoms with Crippen LogP contribution in [0.5, 0.6) is 0 Å². The Hall–Kier alpha value is -3.38. The van der Waals surface area contributed by atoms with E-state index < -0.39 is 17.8 Å². The number of halogens is 1. The van der Waals surface area contributed by atoms with E-state index in [0.717, 1.165) is 5.56 Å². The van der Waals surface area contributed by atoms with E-state index in [9.17, 15) is 14.4 Å². The van der Waals surface area contributed by atoms with Gasteiger partial charge in [0, 0.05) is 6.54 Å². The smallest absolute Gasteiger partial charge is 0.305 e. The van der Waals surface area contributed by atoms with Crippen molar-refractivity contribution < 1.29 is 19.5 Å². The van der Waals surface area contributed by atoms with Crippen LogP contribution in [0.15, 0.2) is 72.4 Å². The number of carbonyl (C=O) groups excluding carboxylic acids is 2. The lowest BCUT2D eigenvalue weighted by Crippen LogP contribution is -2.35. The molecule has 144 valence electrons. The van der Waals surface area contributed by atoms with Crippen LogP contribution in [0.1, 0.15) is 22.3 Å². The first kappa shape index (κ1) is 20.9. The first-order chi connectivity index (χ1) is 13.5. The van der Waals surface area contributed by atoms with Gasteiger partial charge in [-0.3, -0.25) is 14.4 Å². The van der Waals surface area contributed by atoms with Gasteiger partial charge in [0.05, 0.1) is 17.0 Å². The zero-order valence-electron chi connectivity index (χ0n) is 14.9. The molecule has 28 heavy (non-hydrogen) atoms. The van der Waals surface area contributed by atoms with Gasteiger partial charge in [-0.25, -0.2) is 0 Å². The fourth-order valence-electron chi connectivity index (χ4n) is 2.21. The third-order valence-corrected chi connectivity index (χ3v) is 3.92. The predicted octanol–water partition coefficient (Wildman–Crippen LogP) is 3.26. The van der Waals surface area contributed by atoms with Crippen LogP contribution in [0, 0.1) is 0 Å². The standard InChI is InChI=1S/C21H19ClN2O4/c22-17-11-5-4-10-16(17)20(27)24-18(21(28)23-14-13-19(25)26)12-6-9-15-7-2-1-3-8-15/h1-12H,13-14H2,(H,23,28)(H,24,27)(H,25,26)/b9-6+,18-12+. The second kappa shape index (κ2) is 10.7. The Morgan fingerprint density at radius 2 is 1.68 bits per heavy atom. The molecule has 0 aliphatic heterocycles. The molecule has 2 amide bonds. The fourth-order valence-corrected chi connectivity index (χ4v) is 2.43. The molecule has 0 saturated heterocycles. The molecule has 0 fully saturated rings. The topological polar surface area (TPSA) is 95.5 Å². The zero-order chi connectivity index (χ0) is 20.4. The molecule has 0 spiro atoms. The summed E-state index contributed by atoms with van der Waals surface area (Å²) >= 11 is 6.02. The Morgan fingerprint density at radius 3 is 2.36 bits per heavy atom. The van der Waals surface area contributed by atoms with Crippen LogP contribution in [0.25, 0.3) is 6.08 Å². The SMILES string of the molecule is O=C(O)CCNC(=O)/C(=C\C=C\c1ccccc1)NC(=O)c1ccccc1Cl. The second-order valence-corrected chi connectivity index (χ2v) is 6.09.